The molecular weight excluding hydrogens is 442 g/mol. The topological polar surface area (TPSA) is 136 Å². The highest BCUT2D eigenvalue weighted by Crippen LogP contribution is 2.27. The second kappa shape index (κ2) is 7.93. The van der Waals surface area contributed by atoms with Gasteiger partial charge < -0.3 is 15.5 Å². The van der Waals surface area contributed by atoms with Gasteiger partial charge in [-0.25, -0.2) is 9.97 Å². The number of furan rings is 1. The molecule has 5 aromatic rings. The molecular formula is C23H16ClN7O2. The number of nitrogens with zero attached hydrogens (tertiary/aromatic N) is 5. The molecule has 0 radical (unpaired) electrons. The first-order chi connectivity index (χ1) is 16.0. The molecule has 3 N–H and O–H groups in total. The van der Waals surface area contributed by atoms with Crippen LogP contribution in [0.4, 0.5) is 11.8 Å². The van der Waals surface area contributed by atoms with Gasteiger partial charge in [0.2, 0.25) is 5.95 Å². The van der Waals surface area contributed by atoms with Crippen molar-refractivity contribution in [3.63, 3.8) is 0 Å². The molecule has 0 spiro atoms. The molecule has 0 aliphatic rings. The van der Waals surface area contributed by atoms with E-state index in [1.54, 1.807) is 36.6 Å². The van der Waals surface area contributed by atoms with Crippen molar-refractivity contribution in [1.82, 2.24) is 19.5 Å². The predicted octanol–water partition coefficient (Wildman–Crippen LogP) is 4.20. The molecule has 10 heteroatoms. The maximum Gasteiger partial charge on any atom is 0.267 e. The van der Waals surface area contributed by atoms with Gasteiger partial charge in [0.05, 0.1) is 40.1 Å². The van der Waals surface area contributed by atoms with E-state index in [1.165, 1.54) is 10.8 Å². The van der Waals surface area contributed by atoms with Gasteiger partial charge >= 0.3 is 0 Å². The minimum atomic E-state index is -0.539. The minimum absolute atomic E-state index is 0.0183. The van der Waals surface area contributed by atoms with Crippen molar-refractivity contribution in [2.24, 2.45) is 0 Å². The average molecular weight is 458 g/mol. The normalized spacial score (nSPS) is 12.0. The van der Waals surface area contributed by atoms with Crippen molar-refractivity contribution in [2.45, 2.75) is 13.0 Å². The average Bonchev–Trinajstić information content (AvgIpc) is 3.27. The molecule has 0 amide bonds. The predicted molar refractivity (Wildman–Crippen MR) is 125 cm³/mol. The van der Waals surface area contributed by atoms with E-state index in [2.05, 4.69) is 15.3 Å². The van der Waals surface area contributed by atoms with Crippen LogP contribution in [0, 0.1) is 11.3 Å². The third-order valence-electron chi connectivity index (χ3n) is 5.24. The summed E-state index contributed by atoms with van der Waals surface area (Å²) in [6, 6.07) is 13.8. The van der Waals surface area contributed by atoms with Gasteiger partial charge in [0.15, 0.2) is 0 Å². The fourth-order valence-electron chi connectivity index (χ4n) is 3.70. The van der Waals surface area contributed by atoms with E-state index in [9.17, 15) is 10.1 Å². The molecule has 1 atom stereocenters. The monoisotopic (exact) mass is 457 g/mol. The fourth-order valence-corrected chi connectivity index (χ4v) is 3.95. The molecule has 0 saturated heterocycles. The number of benzene rings is 2. The van der Waals surface area contributed by atoms with E-state index >= 15 is 0 Å². The Morgan fingerprint density at radius 2 is 2.09 bits per heavy atom. The molecule has 3 heterocycles. The van der Waals surface area contributed by atoms with Gasteiger partial charge in [-0.05, 0) is 43.3 Å². The summed E-state index contributed by atoms with van der Waals surface area (Å²) in [6.45, 7) is 1.81. The summed E-state index contributed by atoms with van der Waals surface area (Å²) < 4.78 is 6.92. The minimum Gasteiger partial charge on any atom is -0.464 e. The zero-order valence-electron chi connectivity index (χ0n) is 17.3. The summed E-state index contributed by atoms with van der Waals surface area (Å²) in [6.07, 6.45) is 2.92. The molecule has 0 saturated carbocycles. The Labute approximate surface area is 192 Å². The van der Waals surface area contributed by atoms with Crippen molar-refractivity contribution in [3.05, 3.63) is 81.7 Å². The molecule has 0 fully saturated rings. The first kappa shape index (κ1) is 20.5. The first-order valence-electron chi connectivity index (χ1n) is 9.94. The molecule has 33 heavy (non-hydrogen) atoms. The zero-order valence-corrected chi connectivity index (χ0v) is 18.0. The molecule has 9 nitrogen and oxygen atoms in total. The highest BCUT2D eigenvalue weighted by molar-refractivity contribution is 6.35. The molecule has 2 aromatic carbocycles. The van der Waals surface area contributed by atoms with Gasteiger partial charge in [-0.3, -0.25) is 9.36 Å². The highest BCUT2D eigenvalue weighted by Gasteiger charge is 2.21. The number of nitrogens with one attached hydrogen (secondary N) is 1. The molecule has 0 aliphatic carbocycles. The van der Waals surface area contributed by atoms with Crippen molar-refractivity contribution in [1.29, 1.82) is 5.26 Å². The van der Waals surface area contributed by atoms with Crippen LogP contribution in [0.25, 0.3) is 27.6 Å². The summed E-state index contributed by atoms with van der Waals surface area (Å²) in [4.78, 5) is 26.4. The quantitative estimate of drug-likeness (QED) is 0.409. The number of anilines is 2. The Morgan fingerprint density at radius 1 is 1.24 bits per heavy atom. The van der Waals surface area contributed by atoms with Crippen LogP contribution in [0.1, 0.15) is 24.4 Å². The van der Waals surface area contributed by atoms with E-state index in [4.69, 9.17) is 26.7 Å². The summed E-state index contributed by atoms with van der Waals surface area (Å²) >= 11 is 6.37. The lowest BCUT2D eigenvalue weighted by Gasteiger charge is -2.20. The van der Waals surface area contributed by atoms with Crippen LogP contribution in [-0.2, 0) is 0 Å². The number of nitriles is 1. The van der Waals surface area contributed by atoms with Gasteiger partial charge in [-0.1, -0.05) is 17.7 Å². The van der Waals surface area contributed by atoms with E-state index < -0.39 is 6.04 Å². The Balaban J connectivity index is 1.74. The number of hydrogen-bond donors (Lipinski definition) is 2. The number of fused-ring (bicyclic) bond motifs is 2. The number of rotatable bonds is 4. The first-order valence-corrected chi connectivity index (χ1v) is 10.3. The van der Waals surface area contributed by atoms with Crippen molar-refractivity contribution in [2.75, 3.05) is 11.1 Å². The van der Waals surface area contributed by atoms with Crippen LogP contribution >= 0.6 is 11.6 Å². The maximum atomic E-state index is 13.7. The van der Waals surface area contributed by atoms with Gasteiger partial charge in [-0.15, -0.1) is 0 Å². The highest BCUT2D eigenvalue weighted by atomic mass is 35.5. The van der Waals surface area contributed by atoms with E-state index in [0.29, 0.717) is 33.0 Å². The van der Waals surface area contributed by atoms with Crippen molar-refractivity contribution >= 4 is 45.2 Å². The molecule has 5 rings (SSSR count). The van der Waals surface area contributed by atoms with Crippen LogP contribution in [-0.4, -0.2) is 19.5 Å². The summed E-state index contributed by atoms with van der Waals surface area (Å²) in [7, 11) is 0. The second-order valence-corrected chi connectivity index (χ2v) is 7.76. The van der Waals surface area contributed by atoms with Gasteiger partial charge in [0.1, 0.15) is 28.9 Å². The number of nitrogens with two attached hydrogens (primary N) is 1. The molecule has 0 bridgehead atoms. The number of aromatic nitrogens is 4. The van der Waals surface area contributed by atoms with E-state index in [-0.39, 0.29) is 22.9 Å². The maximum absolute atomic E-state index is 13.7. The van der Waals surface area contributed by atoms with Crippen LogP contribution < -0.4 is 16.6 Å². The Morgan fingerprint density at radius 3 is 2.91 bits per heavy atom. The van der Waals surface area contributed by atoms with Gasteiger partial charge in [0.25, 0.3) is 5.56 Å². The summed E-state index contributed by atoms with van der Waals surface area (Å²) in [5.41, 5.74) is 7.35. The molecule has 0 aliphatic heterocycles. The summed E-state index contributed by atoms with van der Waals surface area (Å²) in [5.74, 6) is 0.665. The zero-order chi connectivity index (χ0) is 23.1. The van der Waals surface area contributed by atoms with Crippen LogP contribution in [0.15, 0.2) is 64.1 Å². The molecule has 3 aromatic heterocycles. The fraction of sp³-hybridized carbons (Fsp3) is 0.0870. The van der Waals surface area contributed by atoms with Gasteiger partial charge in [-0.2, -0.15) is 10.2 Å². The van der Waals surface area contributed by atoms with Gasteiger partial charge in [0, 0.05) is 5.39 Å². The Hall–Kier alpha value is -4.42. The lowest BCUT2D eigenvalue weighted by Crippen LogP contribution is -2.27. The van der Waals surface area contributed by atoms with E-state index in [1.807, 2.05) is 25.1 Å². The second-order valence-electron chi connectivity index (χ2n) is 7.36. The largest absolute Gasteiger partial charge is 0.464 e. The lowest BCUT2D eigenvalue weighted by atomic mass is 10.1. The number of hydrogen-bond acceptors (Lipinski definition) is 8. The van der Waals surface area contributed by atoms with Crippen LogP contribution in [0.2, 0.25) is 5.02 Å². The SMILES string of the molecule is CC(Nc1nc(N)ncc1C#N)c1nc2cccc(Cl)c2c(=O)n1-c1ccc2occc2c1. The van der Waals surface area contributed by atoms with Crippen LogP contribution in [0.3, 0.4) is 0 Å². The third kappa shape index (κ3) is 3.52. The lowest BCUT2D eigenvalue weighted by molar-refractivity contribution is 0.615. The number of halogens is 1. The molecule has 162 valence electrons. The van der Waals surface area contributed by atoms with Crippen molar-refractivity contribution in [3.8, 4) is 11.8 Å². The Kier molecular flexibility index (Phi) is 4.92. The summed E-state index contributed by atoms with van der Waals surface area (Å²) in [5, 5.41) is 14.0. The number of nitrogen functional groups attached to an aromatic ring is 1. The van der Waals surface area contributed by atoms with Crippen molar-refractivity contribution < 1.29 is 4.42 Å². The molecule has 1 unspecified atom stereocenters. The Bertz CT molecular complexity index is 1630. The van der Waals surface area contributed by atoms with Crippen LogP contribution in [0.5, 0.6) is 0 Å². The van der Waals surface area contributed by atoms with E-state index in [0.717, 1.165) is 5.39 Å². The third-order valence-corrected chi connectivity index (χ3v) is 5.55. The smallest absolute Gasteiger partial charge is 0.267 e. The standard InChI is InChI=1S/C23H16ClN7O2/c1-12(28-20-14(10-25)11-27-23(26)30-20)21-29-17-4-2-3-16(24)19(17)22(32)31(21)15-5-6-18-13(9-15)7-8-33-18/h2-9,11-12H,1H3,(H3,26,27,28,30).